The highest BCUT2D eigenvalue weighted by molar-refractivity contribution is 6.07. The Balaban J connectivity index is 0.999. The minimum absolute atomic E-state index is 0.194. The zero-order valence-corrected chi connectivity index (χ0v) is 29.6. The van der Waals surface area contributed by atoms with Crippen LogP contribution in [-0.2, 0) is 26.5 Å². The summed E-state index contributed by atoms with van der Waals surface area (Å²) in [5.41, 5.74) is 11.5. The number of nitrogens with two attached hydrogens (primary N) is 1. The van der Waals surface area contributed by atoms with E-state index < -0.39 is 11.7 Å². The molecule has 12 heteroatoms. The Hall–Kier alpha value is -5.72. The summed E-state index contributed by atoms with van der Waals surface area (Å²) < 4.78 is 17.3. The summed E-state index contributed by atoms with van der Waals surface area (Å²) in [4.78, 5) is 44.8. The van der Waals surface area contributed by atoms with Crippen LogP contribution in [0.3, 0.4) is 0 Å². The quantitative estimate of drug-likeness (QED) is 0.137. The van der Waals surface area contributed by atoms with E-state index in [9.17, 15) is 9.59 Å². The lowest BCUT2D eigenvalue weighted by Gasteiger charge is -2.34. The van der Waals surface area contributed by atoms with Gasteiger partial charge in [0.15, 0.2) is 0 Å². The second-order valence-electron chi connectivity index (χ2n) is 14.5. The molecule has 6 aromatic rings. The third-order valence-corrected chi connectivity index (χ3v) is 11.1. The van der Waals surface area contributed by atoms with Gasteiger partial charge in [0.05, 0.1) is 41.6 Å². The number of primary amides is 1. The van der Waals surface area contributed by atoms with Crippen molar-refractivity contribution in [1.82, 2.24) is 30.2 Å². The second kappa shape index (κ2) is 13.0. The molecule has 5 heterocycles. The number of aromatic amines is 2. The Bertz CT molecular complexity index is 2370. The number of H-pyrrole nitrogens is 2. The summed E-state index contributed by atoms with van der Waals surface area (Å²) in [6.07, 6.45) is 3.40. The van der Waals surface area contributed by atoms with E-state index in [2.05, 4.69) is 51.7 Å². The van der Waals surface area contributed by atoms with Crippen LogP contribution in [0.4, 0.5) is 4.79 Å². The van der Waals surface area contributed by atoms with Crippen molar-refractivity contribution in [2.45, 2.75) is 50.5 Å². The van der Waals surface area contributed by atoms with Crippen molar-refractivity contribution in [3.8, 4) is 28.1 Å². The smallest absolute Gasteiger partial charge is 0.405 e. The third kappa shape index (κ3) is 5.78. The number of rotatable bonds is 8. The van der Waals surface area contributed by atoms with E-state index in [1.165, 1.54) is 0 Å². The molecular formula is C41H41N7O5. The number of fused-ring (bicyclic) bond motifs is 6. The molecule has 3 aliphatic rings. The molecule has 0 radical (unpaired) electrons. The van der Waals surface area contributed by atoms with Crippen molar-refractivity contribution in [2.24, 2.45) is 11.7 Å². The zero-order chi connectivity index (χ0) is 36.3. The number of amides is 2. The van der Waals surface area contributed by atoms with Gasteiger partial charge < -0.3 is 40.1 Å². The molecule has 2 aromatic heterocycles. The normalized spacial score (nSPS) is 20.6. The molecule has 0 spiro atoms. The molecule has 12 nitrogen and oxygen atoms in total. The maximum atomic E-state index is 14.2. The fourth-order valence-corrected chi connectivity index (χ4v) is 8.42. The van der Waals surface area contributed by atoms with Gasteiger partial charge in [-0.2, -0.15) is 0 Å². The molecule has 53 heavy (non-hydrogen) atoms. The van der Waals surface area contributed by atoms with Crippen LogP contribution in [0.25, 0.3) is 44.2 Å². The van der Waals surface area contributed by atoms with Crippen LogP contribution in [0.15, 0.2) is 79.0 Å². The Morgan fingerprint density at radius 3 is 2.74 bits per heavy atom. The van der Waals surface area contributed by atoms with Crippen molar-refractivity contribution in [3.63, 3.8) is 0 Å². The first-order chi connectivity index (χ1) is 25.8. The van der Waals surface area contributed by atoms with E-state index in [4.69, 9.17) is 29.9 Å². The van der Waals surface area contributed by atoms with Crippen LogP contribution in [0.1, 0.15) is 61.0 Å². The molecule has 9 rings (SSSR count). The Labute approximate surface area is 306 Å². The average Bonchev–Trinajstić information content (AvgIpc) is 4.00. The van der Waals surface area contributed by atoms with E-state index in [0.717, 1.165) is 87.3 Å². The van der Waals surface area contributed by atoms with Crippen LogP contribution in [-0.4, -0.2) is 63.6 Å². The monoisotopic (exact) mass is 711 g/mol. The molecule has 2 saturated heterocycles. The van der Waals surface area contributed by atoms with Gasteiger partial charge in [-0.25, -0.2) is 14.8 Å². The predicted molar refractivity (Wildman–Crippen MR) is 200 cm³/mol. The molecule has 2 amide bonds. The van der Waals surface area contributed by atoms with E-state index in [0.29, 0.717) is 36.9 Å². The number of ether oxygens (including phenoxy) is 3. The lowest BCUT2D eigenvalue weighted by molar-refractivity contribution is -0.151. The number of hydrogen-bond donors (Lipinski definition) is 4. The lowest BCUT2D eigenvalue weighted by atomic mass is 9.92. The fraction of sp³-hybridized carbons (Fsp3) is 0.317. The first kappa shape index (κ1) is 33.1. The van der Waals surface area contributed by atoms with E-state index in [-0.39, 0.29) is 18.0 Å². The van der Waals surface area contributed by atoms with Crippen LogP contribution in [0.5, 0.6) is 5.75 Å². The number of nitrogens with zero attached hydrogens (tertiary/aromatic N) is 3. The standard InChI is InChI=1S/C41H41N7O5/c1-41(53-40(42)50,27-7-4-3-5-8-27)39(49)48-14-6-9-34(48)38-45-31-13-11-24-17-30-28-12-10-25(16-26(28)22-52-35(30)18-29(24)36(31)47-38)33-20-44-37(46-33)32-15-23(19-43-32)21-51-2/h3-5,7-8,10-13,16-18,20,23,32,34,43H,6,9,14-15,19,21-22H2,1-2H3,(H2,42,50)(H,44,46)(H,45,47)/t23-,32-,34-,41+/m0/s1. The topological polar surface area (TPSA) is 160 Å². The summed E-state index contributed by atoms with van der Waals surface area (Å²) in [5.74, 6) is 2.59. The molecule has 3 aliphatic heterocycles. The van der Waals surface area contributed by atoms with Crippen LogP contribution < -0.4 is 15.8 Å². The van der Waals surface area contributed by atoms with Crippen molar-refractivity contribution in [1.29, 1.82) is 0 Å². The zero-order valence-electron chi connectivity index (χ0n) is 29.6. The highest BCUT2D eigenvalue weighted by atomic mass is 16.6. The molecule has 0 unspecified atom stereocenters. The fourth-order valence-electron chi connectivity index (χ4n) is 8.42. The maximum Gasteiger partial charge on any atom is 0.405 e. The first-order valence-electron chi connectivity index (χ1n) is 18.1. The summed E-state index contributed by atoms with van der Waals surface area (Å²) in [7, 11) is 1.75. The molecule has 0 bridgehead atoms. The Morgan fingerprint density at radius 2 is 1.91 bits per heavy atom. The highest BCUT2D eigenvalue weighted by Crippen LogP contribution is 2.44. The molecular weight excluding hydrogens is 670 g/mol. The van der Waals surface area contributed by atoms with Crippen molar-refractivity contribution in [3.05, 3.63) is 102 Å². The summed E-state index contributed by atoms with van der Waals surface area (Å²) in [6.45, 7) is 4.22. The van der Waals surface area contributed by atoms with Gasteiger partial charge in [0.1, 0.15) is 24.0 Å². The summed E-state index contributed by atoms with van der Waals surface area (Å²) in [6, 6.07) is 23.7. The lowest BCUT2D eigenvalue weighted by Crippen LogP contribution is -2.48. The number of hydrogen-bond acceptors (Lipinski definition) is 8. The number of carbonyl (C=O) groups excluding carboxylic acids is 2. The van der Waals surface area contributed by atoms with Gasteiger partial charge in [0, 0.05) is 36.7 Å². The Kier molecular flexibility index (Phi) is 8.16. The van der Waals surface area contributed by atoms with Gasteiger partial charge >= 0.3 is 6.09 Å². The number of nitrogens with one attached hydrogen (secondary N) is 3. The van der Waals surface area contributed by atoms with Crippen molar-refractivity contribution >= 4 is 33.8 Å². The predicted octanol–water partition coefficient (Wildman–Crippen LogP) is 6.64. The number of likely N-dealkylation sites (tertiary alicyclic amines) is 1. The van der Waals surface area contributed by atoms with Crippen LogP contribution >= 0.6 is 0 Å². The van der Waals surface area contributed by atoms with Gasteiger partial charge in [-0.1, -0.05) is 48.5 Å². The van der Waals surface area contributed by atoms with Crippen molar-refractivity contribution in [2.75, 3.05) is 26.8 Å². The van der Waals surface area contributed by atoms with Gasteiger partial charge in [-0.3, -0.25) is 4.79 Å². The van der Waals surface area contributed by atoms with Crippen LogP contribution in [0, 0.1) is 5.92 Å². The summed E-state index contributed by atoms with van der Waals surface area (Å²) >= 11 is 0. The SMILES string of the molecule is COC[C@@H]1CN[C@H](c2ncc(-c3ccc4c(c3)COc3cc5c(ccc6[nH]c([C@@H]7CCCN7C(=O)[C@](C)(OC(N)=O)c7ccccc7)nc65)cc3-4)[nH]2)C1. The Morgan fingerprint density at radius 1 is 1.04 bits per heavy atom. The van der Waals surface area contributed by atoms with Crippen LogP contribution in [0.2, 0.25) is 0 Å². The highest BCUT2D eigenvalue weighted by Gasteiger charge is 2.46. The molecule has 0 aliphatic carbocycles. The molecule has 4 atom stereocenters. The van der Waals surface area contributed by atoms with Crippen molar-refractivity contribution < 1.29 is 23.8 Å². The van der Waals surface area contributed by atoms with Gasteiger partial charge in [0.25, 0.3) is 5.91 Å². The minimum Gasteiger partial charge on any atom is -0.488 e. The third-order valence-electron chi connectivity index (χ3n) is 11.1. The largest absolute Gasteiger partial charge is 0.488 e. The average molecular weight is 712 g/mol. The second-order valence-corrected chi connectivity index (χ2v) is 14.5. The van der Waals surface area contributed by atoms with E-state index in [1.54, 1.807) is 43.2 Å². The van der Waals surface area contributed by atoms with E-state index >= 15 is 0 Å². The number of methoxy groups -OCH3 is 1. The van der Waals surface area contributed by atoms with E-state index in [1.807, 2.05) is 18.3 Å². The van der Waals surface area contributed by atoms with Gasteiger partial charge in [-0.05, 0) is 78.4 Å². The number of imidazole rings is 2. The number of aromatic nitrogens is 4. The molecule has 2 fully saturated rings. The molecule has 0 saturated carbocycles. The van der Waals surface area contributed by atoms with Gasteiger partial charge in [0.2, 0.25) is 5.60 Å². The minimum atomic E-state index is -1.58. The number of benzene rings is 4. The molecule has 5 N–H and O–H groups in total. The molecule has 270 valence electrons. The number of carbonyl (C=O) groups is 2. The first-order valence-corrected chi connectivity index (χ1v) is 18.1. The molecule has 4 aromatic carbocycles. The van der Waals surface area contributed by atoms with Gasteiger partial charge in [-0.15, -0.1) is 0 Å². The summed E-state index contributed by atoms with van der Waals surface area (Å²) in [5, 5.41) is 5.56. The maximum absolute atomic E-state index is 14.2.